The molecule has 0 aliphatic rings. The van der Waals surface area contributed by atoms with Crippen LogP contribution in [-0.4, -0.2) is 5.78 Å². The van der Waals surface area contributed by atoms with Gasteiger partial charge in [-0.15, -0.1) is 11.6 Å². The third kappa shape index (κ3) is 3.21. The van der Waals surface area contributed by atoms with Gasteiger partial charge in [-0.25, -0.2) is 0 Å². The summed E-state index contributed by atoms with van der Waals surface area (Å²) in [6, 6.07) is 15.5. The number of ketones is 1. The zero-order chi connectivity index (χ0) is 13.0. The minimum absolute atomic E-state index is 0.139. The van der Waals surface area contributed by atoms with Crippen LogP contribution in [0.15, 0.2) is 48.5 Å². The zero-order valence-electron chi connectivity index (χ0n) is 10.3. The number of benzene rings is 2. The maximum absolute atomic E-state index is 12.1. The van der Waals surface area contributed by atoms with Gasteiger partial charge in [0.1, 0.15) is 0 Å². The van der Waals surface area contributed by atoms with Crippen molar-refractivity contribution in [3.63, 3.8) is 0 Å². The Morgan fingerprint density at radius 2 is 1.50 bits per heavy atom. The van der Waals surface area contributed by atoms with Gasteiger partial charge in [-0.2, -0.15) is 0 Å². The SMILES string of the molecule is Cc1ccc(CC(=O)c2ccc(CCl)cc2)cc1. The van der Waals surface area contributed by atoms with Gasteiger partial charge in [-0.3, -0.25) is 4.79 Å². The molecule has 0 unspecified atom stereocenters. The van der Waals surface area contributed by atoms with E-state index >= 15 is 0 Å². The smallest absolute Gasteiger partial charge is 0.167 e. The van der Waals surface area contributed by atoms with Crippen molar-refractivity contribution in [2.75, 3.05) is 0 Å². The lowest BCUT2D eigenvalue weighted by atomic mass is 10.0. The van der Waals surface area contributed by atoms with Gasteiger partial charge >= 0.3 is 0 Å². The highest BCUT2D eigenvalue weighted by Gasteiger charge is 2.06. The predicted molar refractivity (Wildman–Crippen MR) is 75.2 cm³/mol. The molecular formula is C16H15ClO. The van der Waals surface area contributed by atoms with Crippen LogP contribution in [0, 0.1) is 6.92 Å². The van der Waals surface area contributed by atoms with E-state index in [0.29, 0.717) is 12.3 Å². The number of aryl methyl sites for hydroxylation is 1. The van der Waals surface area contributed by atoms with Crippen molar-refractivity contribution in [2.24, 2.45) is 0 Å². The molecule has 0 aliphatic heterocycles. The lowest BCUT2D eigenvalue weighted by molar-refractivity contribution is 0.0993. The quantitative estimate of drug-likeness (QED) is 0.595. The van der Waals surface area contributed by atoms with Crippen LogP contribution in [0.1, 0.15) is 27.0 Å². The van der Waals surface area contributed by atoms with Crippen molar-refractivity contribution in [1.82, 2.24) is 0 Å². The van der Waals surface area contributed by atoms with Crippen molar-refractivity contribution < 1.29 is 4.79 Å². The Morgan fingerprint density at radius 3 is 2.06 bits per heavy atom. The highest BCUT2D eigenvalue weighted by Crippen LogP contribution is 2.11. The summed E-state index contributed by atoms with van der Waals surface area (Å²) in [6.45, 7) is 2.04. The second kappa shape index (κ2) is 5.83. The number of alkyl halides is 1. The van der Waals surface area contributed by atoms with E-state index in [-0.39, 0.29) is 5.78 Å². The molecule has 0 heterocycles. The molecule has 2 aromatic rings. The highest BCUT2D eigenvalue weighted by molar-refractivity contribution is 6.17. The Morgan fingerprint density at radius 1 is 0.944 bits per heavy atom. The van der Waals surface area contributed by atoms with Gasteiger partial charge in [-0.05, 0) is 18.1 Å². The molecular weight excluding hydrogens is 244 g/mol. The van der Waals surface area contributed by atoms with Crippen molar-refractivity contribution in [2.45, 2.75) is 19.2 Å². The molecule has 0 fully saturated rings. The van der Waals surface area contributed by atoms with Crippen molar-refractivity contribution in [1.29, 1.82) is 0 Å². The summed E-state index contributed by atoms with van der Waals surface area (Å²) in [5, 5.41) is 0. The second-order valence-corrected chi connectivity index (χ2v) is 4.68. The molecule has 0 N–H and O–H groups in total. The first-order valence-corrected chi connectivity index (χ1v) is 6.46. The van der Waals surface area contributed by atoms with E-state index in [9.17, 15) is 4.79 Å². The third-order valence-electron chi connectivity index (χ3n) is 2.92. The standard InChI is InChI=1S/C16H15ClO/c1-12-2-4-13(5-3-12)10-16(18)15-8-6-14(11-17)7-9-15/h2-9H,10-11H2,1H3. The van der Waals surface area contributed by atoms with Gasteiger partial charge in [0.2, 0.25) is 0 Å². The lowest BCUT2D eigenvalue weighted by Gasteiger charge is -2.03. The average Bonchev–Trinajstić information content (AvgIpc) is 2.41. The van der Waals surface area contributed by atoms with Crippen LogP contribution in [0.25, 0.3) is 0 Å². The summed E-state index contributed by atoms with van der Waals surface area (Å²) in [5.74, 6) is 0.617. The molecule has 0 amide bonds. The second-order valence-electron chi connectivity index (χ2n) is 4.42. The Labute approximate surface area is 112 Å². The Bertz CT molecular complexity index is 526. The lowest BCUT2D eigenvalue weighted by Crippen LogP contribution is -2.03. The maximum Gasteiger partial charge on any atom is 0.167 e. The number of rotatable bonds is 4. The number of Topliss-reactive ketones (excluding diaryl/α,β-unsaturated/α-hetero) is 1. The Kier molecular flexibility index (Phi) is 4.16. The van der Waals surface area contributed by atoms with Gasteiger partial charge in [0.05, 0.1) is 0 Å². The van der Waals surface area contributed by atoms with Gasteiger partial charge in [-0.1, -0.05) is 54.1 Å². The first kappa shape index (κ1) is 12.8. The molecule has 2 aromatic carbocycles. The molecule has 0 saturated heterocycles. The van der Waals surface area contributed by atoms with Gasteiger partial charge in [0.25, 0.3) is 0 Å². The van der Waals surface area contributed by atoms with Crippen LogP contribution in [0.2, 0.25) is 0 Å². The molecule has 92 valence electrons. The number of hydrogen-bond donors (Lipinski definition) is 0. The molecule has 2 heteroatoms. The average molecular weight is 259 g/mol. The molecule has 0 bridgehead atoms. The Hall–Kier alpha value is -1.60. The van der Waals surface area contributed by atoms with Crippen molar-refractivity contribution in [3.8, 4) is 0 Å². The zero-order valence-corrected chi connectivity index (χ0v) is 11.1. The minimum atomic E-state index is 0.139. The molecule has 18 heavy (non-hydrogen) atoms. The van der Waals surface area contributed by atoms with Crippen LogP contribution in [0.5, 0.6) is 0 Å². The maximum atomic E-state index is 12.1. The summed E-state index contributed by atoms with van der Waals surface area (Å²) in [4.78, 5) is 12.1. The fourth-order valence-electron chi connectivity index (χ4n) is 1.77. The first-order chi connectivity index (χ1) is 8.69. The van der Waals surface area contributed by atoms with Crippen molar-refractivity contribution in [3.05, 3.63) is 70.8 Å². The van der Waals surface area contributed by atoms with E-state index in [1.54, 1.807) is 0 Å². The van der Waals surface area contributed by atoms with Crippen LogP contribution >= 0.6 is 11.6 Å². The molecule has 0 aromatic heterocycles. The van der Waals surface area contributed by atoms with Crippen LogP contribution in [0.3, 0.4) is 0 Å². The van der Waals surface area contributed by atoms with Gasteiger partial charge in [0, 0.05) is 17.9 Å². The van der Waals surface area contributed by atoms with E-state index in [1.807, 2.05) is 55.5 Å². The summed E-state index contributed by atoms with van der Waals surface area (Å²) in [7, 11) is 0. The fourth-order valence-corrected chi connectivity index (χ4v) is 1.95. The monoisotopic (exact) mass is 258 g/mol. The number of hydrogen-bond acceptors (Lipinski definition) is 1. The molecule has 0 spiro atoms. The molecule has 0 atom stereocenters. The molecule has 0 aliphatic carbocycles. The van der Waals surface area contributed by atoms with Crippen molar-refractivity contribution >= 4 is 17.4 Å². The summed E-state index contributed by atoms with van der Waals surface area (Å²) >= 11 is 5.72. The van der Waals surface area contributed by atoms with Gasteiger partial charge < -0.3 is 0 Å². The number of carbonyl (C=O) groups excluding carboxylic acids is 1. The normalized spacial score (nSPS) is 10.3. The molecule has 2 rings (SSSR count). The Balaban J connectivity index is 2.09. The summed E-state index contributed by atoms with van der Waals surface area (Å²) in [5.41, 5.74) is 4.03. The summed E-state index contributed by atoms with van der Waals surface area (Å²) < 4.78 is 0. The van der Waals surface area contributed by atoms with E-state index in [4.69, 9.17) is 11.6 Å². The molecule has 1 nitrogen and oxygen atoms in total. The predicted octanol–water partition coefficient (Wildman–Crippen LogP) is 4.16. The highest BCUT2D eigenvalue weighted by atomic mass is 35.5. The minimum Gasteiger partial charge on any atom is -0.294 e. The van der Waals surface area contributed by atoms with E-state index < -0.39 is 0 Å². The fraction of sp³-hybridized carbons (Fsp3) is 0.188. The largest absolute Gasteiger partial charge is 0.294 e. The topological polar surface area (TPSA) is 17.1 Å². The van der Waals surface area contributed by atoms with E-state index in [0.717, 1.165) is 16.7 Å². The van der Waals surface area contributed by atoms with Crippen LogP contribution in [-0.2, 0) is 12.3 Å². The molecule has 0 saturated carbocycles. The number of carbonyl (C=O) groups is 1. The first-order valence-electron chi connectivity index (χ1n) is 5.92. The van der Waals surface area contributed by atoms with Crippen LogP contribution in [0.4, 0.5) is 0 Å². The third-order valence-corrected chi connectivity index (χ3v) is 3.22. The van der Waals surface area contributed by atoms with E-state index in [2.05, 4.69) is 0 Å². The van der Waals surface area contributed by atoms with Crippen LogP contribution < -0.4 is 0 Å². The summed E-state index contributed by atoms with van der Waals surface area (Å²) in [6.07, 6.45) is 0.445. The van der Waals surface area contributed by atoms with Gasteiger partial charge in [0.15, 0.2) is 5.78 Å². The van der Waals surface area contributed by atoms with E-state index in [1.165, 1.54) is 5.56 Å². The molecule has 0 radical (unpaired) electrons. The number of halogens is 1.